The number of benzene rings is 1. The SMILES string of the molecule is CCOC(=O)c1nc(C)n(-c2cc(F)cc(F)c2F)c1N. The van der Waals surface area contributed by atoms with Gasteiger partial charge in [-0.15, -0.1) is 0 Å². The van der Waals surface area contributed by atoms with Crippen LogP contribution in [0.3, 0.4) is 0 Å². The van der Waals surface area contributed by atoms with Crippen LogP contribution in [0.2, 0.25) is 0 Å². The maximum atomic E-state index is 13.8. The van der Waals surface area contributed by atoms with Crippen LogP contribution < -0.4 is 5.73 Å². The van der Waals surface area contributed by atoms with Crippen molar-refractivity contribution < 1.29 is 22.7 Å². The van der Waals surface area contributed by atoms with E-state index in [9.17, 15) is 18.0 Å². The Morgan fingerprint density at radius 1 is 1.38 bits per heavy atom. The van der Waals surface area contributed by atoms with Crippen LogP contribution in [0.25, 0.3) is 5.69 Å². The van der Waals surface area contributed by atoms with E-state index in [1.807, 2.05) is 0 Å². The second kappa shape index (κ2) is 5.47. The molecule has 0 saturated carbocycles. The number of anilines is 1. The summed E-state index contributed by atoms with van der Waals surface area (Å²) >= 11 is 0. The van der Waals surface area contributed by atoms with Gasteiger partial charge >= 0.3 is 5.97 Å². The van der Waals surface area contributed by atoms with Crippen molar-refractivity contribution in [1.29, 1.82) is 0 Å². The summed E-state index contributed by atoms with van der Waals surface area (Å²) in [4.78, 5) is 15.5. The lowest BCUT2D eigenvalue weighted by Gasteiger charge is -2.09. The zero-order valence-electron chi connectivity index (χ0n) is 11.3. The number of nitrogens with two attached hydrogens (primary N) is 1. The molecule has 0 amide bonds. The lowest BCUT2D eigenvalue weighted by atomic mass is 10.2. The van der Waals surface area contributed by atoms with Gasteiger partial charge in [-0.05, 0) is 13.8 Å². The molecule has 0 saturated heterocycles. The third kappa shape index (κ3) is 2.56. The van der Waals surface area contributed by atoms with E-state index >= 15 is 0 Å². The molecule has 0 spiro atoms. The average Bonchev–Trinajstić information content (AvgIpc) is 2.70. The summed E-state index contributed by atoms with van der Waals surface area (Å²) in [6, 6.07) is 1.17. The summed E-state index contributed by atoms with van der Waals surface area (Å²) in [7, 11) is 0. The molecule has 21 heavy (non-hydrogen) atoms. The number of nitrogen functional groups attached to an aromatic ring is 1. The topological polar surface area (TPSA) is 70.1 Å². The van der Waals surface area contributed by atoms with Crippen molar-refractivity contribution in [2.45, 2.75) is 13.8 Å². The normalized spacial score (nSPS) is 10.7. The number of aromatic nitrogens is 2. The predicted octanol–water partition coefficient (Wildman–Crippen LogP) is 2.36. The van der Waals surface area contributed by atoms with Gasteiger partial charge in [0.15, 0.2) is 17.3 Å². The molecule has 1 aromatic carbocycles. The Balaban J connectivity index is 2.63. The van der Waals surface area contributed by atoms with Gasteiger partial charge in [0.05, 0.1) is 12.3 Å². The minimum Gasteiger partial charge on any atom is -0.461 e. The molecule has 0 bridgehead atoms. The second-order valence-corrected chi connectivity index (χ2v) is 4.17. The van der Waals surface area contributed by atoms with Crippen LogP contribution in [-0.2, 0) is 4.74 Å². The van der Waals surface area contributed by atoms with Gasteiger partial charge in [-0.2, -0.15) is 0 Å². The van der Waals surface area contributed by atoms with E-state index < -0.39 is 29.1 Å². The zero-order chi connectivity index (χ0) is 15.7. The minimum atomic E-state index is -1.37. The van der Waals surface area contributed by atoms with Gasteiger partial charge in [0.25, 0.3) is 0 Å². The van der Waals surface area contributed by atoms with Gasteiger partial charge in [-0.3, -0.25) is 4.57 Å². The van der Waals surface area contributed by atoms with Crippen LogP contribution in [0.1, 0.15) is 23.2 Å². The summed E-state index contributed by atoms with van der Waals surface area (Å²) < 4.78 is 46.1. The van der Waals surface area contributed by atoms with Crippen LogP contribution in [0, 0.1) is 24.4 Å². The maximum absolute atomic E-state index is 13.8. The summed E-state index contributed by atoms with van der Waals surface area (Å²) in [5.74, 6) is -4.59. The molecule has 0 fully saturated rings. The fraction of sp³-hybridized carbons (Fsp3) is 0.231. The van der Waals surface area contributed by atoms with E-state index in [1.54, 1.807) is 6.92 Å². The van der Waals surface area contributed by atoms with Crippen molar-refractivity contribution in [2.24, 2.45) is 0 Å². The number of hydrogen-bond donors (Lipinski definition) is 1. The molecule has 1 aromatic heterocycles. The van der Waals surface area contributed by atoms with E-state index in [2.05, 4.69) is 4.98 Å². The number of halogens is 3. The predicted molar refractivity (Wildman–Crippen MR) is 68.5 cm³/mol. The van der Waals surface area contributed by atoms with Crippen LogP contribution in [0.5, 0.6) is 0 Å². The van der Waals surface area contributed by atoms with E-state index in [0.717, 1.165) is 10.6 Å². The molecule has 1 heterocycles. The second-order valence-electron chi connectivity index (χ2n) is 4.17. The average molecular weight is 299 g/mol. The first-order chi connectivity index (χ1) is 9.86. The van der Waals surface area contributed by atoms with Crippen molar-refractivity contribution in [3.05, 3.63) is 41.1 Å². The standard InChI is InChI=1S/C13H12F3N3O2/c1-3-21-13(20)11-12(17)19(6(2)18-11)9-5-7(14)4-8(15)10(9)16/h4-5H,3,17H2,1-2H3. The monoisotopic (exact) mass is 299 g/mol. The summed E-state index contributed by atoms with van der Waals surface area (Å²) in [5, 5.41) is 0. The van der Waals surface area contributed by atoms with Crippen LogP contribution >= 0.6 is 0 Å². The van der Waals surface area contributed by atoms with Crippen LogP contribution in [0.4, 0.5) is 19.0 Å². The Bertz CT molecular complexity index is 713. The molecular formula is C13H12F3N3O2. The number of nitrogens with zero attached hydrogens (tertiary/aromatic N) is 2. The lowest BCUT2D eigenvalue weighted by molar-refractivity contribution is 0.0521. The molecule has 0 atom stereocenters. The lowest BCUT2D eigenvalue weighted by Crippen LogP contribution is -2.10. The summed E-state index contributed by atoms with van der Waals surface area (Å²) in [6.07, 6.45) is 0. The van der Waals surface area contributed by atoms with Crippen molar-refractivity contribution in [3.63, 3.8) is 0 Å². The van der Waals surface area contributed by atoms with Gasteiger partial charge in [-0.1, -0.05) is 0 Å². The third-order valence-electron chi connectivity index (χ3n) is 2.76. The first kappa shape index (κ1) is 14.9. The summed E-state index contributed by atoms with van der Waals surface area (Å²) in [5.41, 5.74) is 5.02. The highest BCUT2D eigenvalue weighted by Gasteiger charge is 2.23. The van der Waals surface area contributed by atoms with E-state index in [0.29, 0.717) is 6.07 Å². The Kier molecular flexibility index (Phi) is 3.88. The van der Waals surface area contributed by atoms with Crippen molar-refractivity contribution in [3.8, 4) is 5.69 Å². The number of imidazole rings is 1. The van der Waals surface area contributed by atoms with Gasteiger partial charge in [0.2, 0.25) is 0 Å². The van der Waals surface area contributed by atoms with Gasteiger partial charge in [0, 0.05) is 12.1 Å². The molecule has 8 heteroatoms. The number of carbonyl (C=O) groups excluding carboxylic acids is 1. The van der Waals surface area contributed by atoms with Gasteiger partial charge < -0.3 is 10.5 Å². The van der Waals surface area contributed by atoms with Crippen molar-refractivity contribution in [1.82, 2.24) is 9.55 Å². The number of carbonyl (C=O) groups is 1. The number of hydrogen-bond acceptors (Lipinski definition) is 4. The molecule has 112 valence electrons. The molecule has 2 rings (SSSR count). The summed E-state index contributed by atoms with van der Waals surface area (Å²) in [6.45, 7) is 3.12. The van der Waals surface area contributed by atoms with Gasteiger partial charge in [-0.25, -0.2) is 22.9 Å². The molecule has 0 aliphatic rings. The highest BCUT2D eigenvalue weighted by molar-refractivity contribution is 5.92. The molecular weight excluding hydrogens is 287 g/mol. The van der Waals surface area contributed by atoms with Crippen LogP contribution in [0.15, 0.2) is 12.1 Å². The quantitative estimate of drug-likeness (QED) is 0.697. The largest absolute Gasteiger partial charge is 0.461 e. The number of aryl methyl sites for hydroxylation is 1. The third-order valence-corrected chi connectivity index (χ3v) is 2.76. The Morgan fingerprint density at radius 2 is 2.05 bits per heavy atom. The number of ether oxygens (including phenoxy) is 1. The molecule has 2 aromatic rings. The molecule has 0 unspecified atom stereocenters. The fourth-order valence-corrected chi connectivity index (χ4v) is 1.91. The van der Waals surface area contributed by atoms with E-state index in [-0.39, 0.29) is 23.9 Å². The van der Waals surface area contributed by atoms with Gasteiger partial charge in [0.1, 0.15) is 17.5 Å². The van der Waals surface area contributed by atoms with Crippen molar-refractivity contribution >= 4 is 11.8 Å². The Hall–Kier alpha value is -2.51. The van der Waals surface area contributed by atoms with E-state index in [4.69, 9.17) is 10.5 Å². The maximum Gasteiger partial charge on any atom is 0.360 e. The molecule has 0 aliphatic heterocycles. The Labute approximate surface area is 118 Å². The van der Waals surface area contributed by atoms with Crippen molar-refractivity contribution in [2.75, 3.05) is 12.3 Å². The fourth-order valence-electron chi connectivity index (χ4n) is 1.91. The van der Waals surface area contributed by atoms with E-state index in [1.165, 1.54) is 6.92 Å². The smallest absolute Gasteiger partial charge is 0.360 e. The van der Waals surface area contributed by atoms with Crippen LogP contribution in [-0.4, -0.2) is 22.1 Å². The molecule has 0 aliphatic carbocycles. The Morgan fingerprint density at radius 3 is 2.67 bits per heavy atom. The highest BCUT2D eigenvalue weighted by Crippen LogP contribution is 2.25. The highest BCUT2D eigenvalue weighted by atomic mass is 19.2. The number of esters is 1. The minimum absolute atomic E-state index is 0.0967. The molecule has 5 nitrogen and oxygen atoms in total. The number of rotatable bonds is 3. The first-order valence-corrected chi connectivity index (χ1v) is 6.03. The molecule has 2 N–H and O–H groups in total. The molecule has 0 radical (unpaired) electrons. The first-order valence-electron chi connectivity index (χ1n) is 6.03. The zero-order valence-corrected chi connectivity index (χ0v) is 11.3.